The van der Waals surface area contributed by atoms with Gasteiger partial charge in [0.25, 0.3) is 5.91 Å². The molecule has 0 saturated carbocycles. The van der Waals surface area contributed by atoms with Crippen molar-refractivity contribution in [3.05, 3.63) is 29.3 Å². The van der Waals surface area contributed by atoms with Crippen LogP contribution in [0.25, 0.3) is 6.08 Å². The van der Waals surface area contributed by atoms with Gasteiger partial charge in [0.15, 0.2) is 0 Å². The van der Waals surface area contributed by atoms with Crippen molar-refractivity contribution in [1.29, 1.82) is 5.26 Å². The van der Waals surface area contributed by atoms with Gasteiger partial charge >= 0.3 is 0 Å². The third-order valence-corrected chi connectivity index (χ3v) is 3.10. The zero-order valence-corrected chi connectivity index (χ0v) is 12.8. The maximum absolute atomic E-state index is 12.0. The molecule has 0 unspecified atom stereocenters. The zero-order valence-electron chi connectivity index (χ0n) is 12.8. The molecule has 0 heterocycles. The van der Waals surface area contributed by atoms with Crippen molar-refractivity contribution in [2.75, 3.05) is 14.2 Å². The molecule has 1 amide bonds. The summed E-state index contributed by atoms with van der Waals surface area (Å²) < 4.78 is 10.4. The summed E-state index contributed by atoms with van der Waals surface area (Å²) in [5.41, 5.74) is 0.688. The van der Waals surface area contributed by atoms with Gasteiger partial charge in [-0.3, -0.25) is 4.79 Å². The third kappa shape index (κ3) is 4.53. The van der Waals surface area contributed by atoms with E-state index in [1.807, 2.05) is 19.9 Å². The van der Waals surface area contributed by atoms with Gasteiger partial charge in [0.2, 0.25) is 0 Å². The molecule has 0 fully saturated rings. The van der Waals surface area contributed by atoms with E-state index in [0.29, 0.717) is 17.1 Å². The van der Waals surface area contributed by atoms with Gasteiger partial charge < -0.3 is 14.8 Å². The van der Waals surface area contributed by atoms with Gasteiger partial charge in [0.1, 0.15) is 23.1 Å². The van der Waals surface area contributed by atoms with Crippen LogP contribution < -0.4 is 14.8 Å². The molecule has 0 radical (unpaired) electrons. The van der Waals surface area contributed by atoms with E-state index in [-0.39, 0.29) is 17.5 Å². The lowest BCUT2D eigenvalue weighted by atomic mass is 10.1. The number of hydrogen-bond donors (Lipinski definition) is 1. The predicted molar refractivity (Wildman–Crippen MR) is 81.0 cm³/mol. The van der Waals surface area contributed by atoms with E-state index in [9.17, 15) is 4.79 Å². The average molecular weight is 288 g/mol. The predicted octanol–water partition coefficient (Wildman–Crippen LogP) is 2.53. The maximum atomic E-state index is 12.0. The Morgan fingerprint density at radius 2 is 2.14 bits per heavy atom. The lowest BCUT2D eigenvalue weighted by Gasteiger charge is -2.11. The summed E-state index contributed by atoms with van der Waals surface area (Å²) in [5.74, 6) is 0.801. The summed E-state index contributed by atoms with van der Waals surface area (Å²) in [5, 5.41) is 11.9. The molecule has 5 nitrogen and oxygen atoms in total. The molecule has 1 N–H and O–H groups in total. The summed E-state index contributed by atoms with van der Waals surface area (Å²) in [6, 6.07) is 7.13. The highest BCUT2D eigenvalue weighted by Crippen LogP contribution is 2.26. The molecule has 0 spiro atoms. The first-order valence-corrected chi connectivity index (χ1v) is 6.70. The van der Waals surface area contributed by atoms with Gasteiger partial charge in [-0.05, 0) is 31.6 Å². The van der Waals surface area contributed by atoms with Crippen LogP contribution in [0, 0.1) is 11.3 Å². The Hall–Kier alpha value is -2.48. The lowest BCUT2D eigenvalue weighted by Crippen LogP contribution is -2.32. The molecule has 1 aromatic rings. The number of amides is 1. The van der Waals surface area contributed by atoms with E-state index in [0.717, 1.165) is 6.42 Å². The van der Waals surface area contributed by atoms with E-state index in [2.05, 4.69) is 5.32 Å². The molecule has 21 heavy (non-hydrogen) atoms. The van der Waals surface area contributed by atoms with Crippen LogP contribution in [0.3, 0.4) is 0 Å². The van der Waals surface area contributed by atoms with E-state index in [1.165, 1.54) is 13.2 Å². The molecule has 0 aliphatic rings. The van der Waals surface area contributed by atoms with Crippen molar-refractivity contribution >= 4 is 12.0 Å². The number of benzene rings is 1. The highest BCUT2D eigenvalue weighted by molar-refractivity contribution is 6.02. The SMILES string of the molecule is CC[C@H](C)NC(=O)/C(C#N)=C/c1ccc(OC)cc1OC. The number of ether oxygens (including phenoxy) is 2. The minimum absolute atomic E-state index is 0.0204. The zero-order chi connectivity index (χ0) is 15.8. The second-order valence-electron chi connectivity index (χ2n) is 4.56. The molecular weight excluding hydrogens is 268 g/mol. The fraction of sp³-hybridized carbons (Fsp3) is 0.375. The summed E-state index contributed by atoms with van der Waals surface area (Å²) in [7, 11) is 3.09. The van der Waals surface area contributed by atoms with Crippen LogP contribution >= 0.6 is 0 Å². The van der Waals surface area contributed by atoms with Gasteiger partial charge in [-0.15, -0.1) is 0 Å². The molecule has 0 saturated heterocycles. The van der Waals surface area contributed by atoms with Crippen LogP contribution in [-0.4, -0.2) is 26.2 Å². The summed E-state index contributed by atoms with van der Waals surface area (Å²) >= 11 is 0. The summed E-state index contributed by atoms with van der Waals surface area (Å²) in [4.78, 5) is 12.0. The first kappa shape index (κ1) is 16.6. The van der Waals surface area contributed by atoms with Crippen molar-refractivity contribution in [3.8, 4) is 17.6 Å². The number of rotatable bonds is 6. The molecule has 112 valence electrons. The van der Waals surface area contributed by atoms with Crippen LogP contribution in [0.4, 0.5) is 0 Å². The Balaban J connectivity index is 3.08. The number of nitriles is 1. The van der Waals surface area contributed by atoms with Crippen molar-refractivity contribution in [2.24, 2.45) is 0 Å². The summed E-state index contributed by atoms with van der Waals surface area (Å²) in [6.07, 6.45) is 2.31. The van der Waals surface area contributed by atoms with Gasteiger partial charge in [-0.25, -0.2) is 0 Å². The molecule has 5 heteroatoms. The smallest absolute Gasteiger partial charge is 0.262 e. The fourth-order valence-corrected chi connectivity index (χ4v) is 1.65. The van der Waals surface area contributed by atoms with Crippen molar-refractivity contribution in [1.82, 2.24) is 5.32 Å². The topological polar surface area (TPSA) is 71.4 Å². The van der Waals surface area contributed by atoms with Gasteiger partial charge in [-0.2, -0.15) is 5.26 Å². The molecule has 1 aromatic carbocycles. The van der Waals surface area contributed by atoms with Crippen LogP contribution in [0.1, 0.15) is 25.8 Å². The second-order valence-corrected chi connectivity index (χ2v) is 4.56. The van der Waals surface area contributed by atoms with Crippen molar-refractivity contribution < 1.29 is 14.3 Å². The minimum Gasteiger partial charge on any atom is -0.497 e. The van der Waals surface area contributed by atoms with Crippen LogP contribution in [0.2, 0.25) is 0 Å². The third-order valence-electron chi connectivity index (χ3n) is 3.10. The molecule has 0 aliphatic heterocycles. The number of hydrogen-bond acceptors (Lipinski definition) is 4. The highest BCUT2D eigenvalue weighted by atomic mass is 16.5. The minimum atomic E-state index is -0.385. The Labute approximate surface area is 125 Å². The number of carbonyl (C=O) groups is 1. The Morgan fingerprint density at radius 3 is 2.67 bits per heavy atom. The van der Waals surface area contributed by atoms with Gasteiger partial charge in [0, 0.05) is 17.7 Å². The molecule has 1 atom stereocenters. The van der Waals surface area contributed by atoms with Gasteiger partial charge in [0.05, 0.1) is 14.2 Å². The van der Waals surface area contributed by atoms with E-state index < -0.39 is 0 Å². The first-order chi connectivity index (χ1) is 10.0. The number of methoxy groups -OCH3 is 2. The second kappa shape index (κ2) is 7.95. The largest absolute Gasteiger partial charge is 0.497 e. The number of nitrogens with one attached hydrogen (secondary N) is 1. The maximum Gasteiger partial charge on any atom is 0.262 e. The quantitative estimate of drug-likeness (QED) is 0.645. The Kier molecular flexibility index (Phi) is 6.28. The first-order valence-electron chi connectivity index (χ1n) is 6.70. The number of nitrogens with zero attached hydrogens (tertiary/aromatic N) is 1. The van der Waals surface area contributed by atoms with Crippen LogP contribution in [0.5, 0.6) is 11.5 Å². The average Bonchev–Trinajstić information content (AvgIpc) is 2.51. The molecule has 0 aliphatic carbocycles. The van der Waals surface area contributed by atoms with E-state index >= 15 is 0 Å². The standard InChI is InChI=1S/C16H20N2O3/c1-5-11(2)18-16(19)13(10-17)8-12-6-7-14(20-3)9-15(12)21-4/h6-9,11H,5H2,1-4H3,(H,18,19)/b13-8+/t11-/m0/s1. The van der Waals surface area contributed by atoms with Crippen molar-refractivity contribution in [3.63, 3.8) is 0 Å². The normalized spacial score (nSPS) is 12.2. The van der Waals surface area contributed by atoms with E-state index in [4.69, 9.17) is 14.7 Å². The Morgan fingerprint density at radius 1 is 1.43 bits per heavy atom. The molecular formula is C16H20N2O3. The monoisotopic (exact) mass is 288 g/mol. The highest BCUT2D eigenvalue weighted by Gasteiger charge is 2.13. The van der Waals surface area contributed by atoms with E-state index in [1.54, 1.807) is 25.3 Å². The lowest BCUT2D eigenvalue weighted by molar-refractivity contribution is -0.117. The Bertz CT molecular complexity index is 573. The summed E-state index contributed by atoms with van der Waals surface area (Å²) in [6.45, 7) is 3.86. The molecule has 1 rings (SSSR count). The van der Waals surface area contributed by atoms with Crippen LogP contribution in [0.15, 0.2) is 23.8 Å². The number of carbonyl (C=O) groups excluding carboxylic acids is 1. The molecule has 0 aromatic heterocycles. The fourth-order valence-electron chi connectivity index (χ4n) is 1.65. The van der Waals surface area contributed by atoms with Gasteiger partial charge in [-0.1, -0.05) is 6.92 Å². The van der Waals surface area contributed by atoms with Crippen LogP contribution in [-0.2, 0) is 4.79 Å². The molecule has 0 bridgehead atoms. The van der Waals surface area contributed by atoms with Crippen molar-refractivity contribution in [2.45, 2.75) is 26.3 Å².